The van der Waals surface area contributed by atoms with Crippen LogP contribution < -0.4 is 10.6 Å². The Bertz CT molecular complexity index is 671. The van der Waals surface area contributed by atoms with E-state index in [1.54, 1.807) is 13.0 Å². The van der Waals surface area contributed by atoms with Crippen molar-refractivity contribution in [2.24, 2.45) is 11.3 Å². The van der Waals surface area contributed by atoms with Gasteiger partial charge in [0.05, 0.1) is 0 Å². The molecule has 1 aromatic heterocycles. The van der Waals surface area contributed by atoms with Crippen LogP contribution in [0.2, 0.25) is 0 Å². The summed E-state index contributed by atoms with van der Waals surface area (Å²) in [5.41, 5.74) is 2.51. The third-order valence-electron chi connectivity index (χ3n) is 4.47. The number of anilines is 1. The molecule has 1 fully saturated rings. The molecule has 3 rings (SSSR count). The lowest BCUT2D eigenvalue weighted by Gasteiger charge is -2.20. The van der Waals surface area contributed by atoms with Gasteiger partial charge in [0, 0.05) is 25.2 Å². The Morgan fingerprint density at radius 1 is 1.43 bits per heavy atom. The maximum atomic E-state index is 12.0. The van der Waals surface area contributed by atoms with E-state index in [0.717, 1.165) is 12.1 Å². The number of amides is 2. The van der Waals surface area contributed by atoms with Gasteiger partial charge in [0.25, 0.3) is 0 Å². The molecule has 0 spiro atoms. The number of rotatable bonds is 4. The van der Waals surface area contributed by atoms with Crippen molar-refractivity contribution in [1.82, 2.24) is 10.3 Å². The molecule has 2 amide bonds. The predicted octanol–water partition coefficient (Wildman–Crippen LogP) is 3.69. The summed E-state index contributed by atoms with van der Waals surface area (Å²) < 4.78 is 5.46. The number of carbonyl (C=O) groups excluding carboxylic acids is 1. The average Bonchev–Trinajstić information content (AvgIpc) is 3.13. The van der Waals surface area contributed by atoms with Crippen LogP contribution in [0.15, 0.2) is 22.6 Å². The molecular weight excluding hydrogens is 266 g/mol. The molecule has 0 saturated heterocycles. The second-order valence-corrected chi connectivity index (χ2v) is 6.24. The molecule has 1 aliphatic carbocycles. The van der Waals surface area contributed by atoms with Crippen LogP contribution in [0, 0.1) is 18.3 Å². The van der Waals surface area contributed by atoms with E-state index in [1.807, 2.05) is 12.1 Å². The molecule has 5 heteroatoms. The molecule has 1 aromatic carbocycles. The van der Waals surface area contributed by atoms with Crippen molar-refractivity contribution in [3.8, 4) is 0 Å². The van der Waals surface area contributed by atoms with E-state index in [-0.39, 0.29) is 6.03 Å². The van der Waals surface area contributed by atoms with Crippen molar-refractivity contribution in [3.05, 3.63) is 24.1 Å². The van der Waals surface area contributed by atoms with Gasteiger partial charge < -0.3 is 15.1 Å². The molecule has 21 heavy (non-hydrogen) atoms. The summed E-state index contributed by atoms with van der Waals surface area (Å²) in [7, 11) is 0. The molecule has 0 atom stereocenters. The molecule has 2 aromatic rings. The molecule has 1 saturated carbocycles. The smallest absolute Gasteiger partial charge is 0.319 e. The summed E-state index contributed by atoms with van der Waals surface area (Å²) in [5, 5.41) is 5.82. The lowest BCUT2D eigenvalue weighted by atomic mass is 9.92. The van der Waals surface area contributed by atoms with Gasteiger partial charge in [-0.15, -0.1) is 0 Å². The maximum absolute atomic E-state index is 12.0. The van der Waals surface area contributed by atoms with Crippen LogP contribution in [0.5, 0.6) is 0 Å². The fourth-order valence-electron chi connectivity index (χ4n) is 2.67. The number of nitrogens with one attached hydrogen (secondary N) is 2. The molecule has 5 nitrogen and oxygen atoms in total. The van der Waals surface area contributed by atoms with Crippen LogP contribution in [0.25, 0.3) is 11.1 Å². The quantitative estimate of drug-likeness (QED) is 0.901. The van der Waals surface area contributed by atoms with Crippen LogP contribution in [0.4, 0.5) is 10.5 Å². The number of oxazole rings is 1. The second-order valence-electron chi connectivity index (χ2n) is 6.24. The van der Waals surface area contributed by atoms with Crippen LogP contribution in [0.3, 0.4) is 0 Å². The zero-order valence-corrected chi connectivity index (χ0v) is 12.7. The first-order valence-corrected chi connectivity index (χ1v) is 7.41. The SMILES string of the molecule is Cc1nc2ccc(NC(=O)NCC3(C(C)C)CC3)cc2o1. The third kappa shape index (κ3) is 2.86. The zero-order valence-electron chi connectivity index (χ0n) is 12.7. The largest absolute Gasteiger partial charge is 0.441 e. The molecule has 0 radical (unpaired) electrons. The van der Waals surface area contributed by atoms with Crippen LogP contribution >= 0.6 is 0 Å². The normalized spacial score (nSPS) is 16.2. The highest BCUT2D eigenvalue weighted by atomic mass is 16.3. The lowest BCUT2D eigenvalue weighted by molar-refractivity contribution is 0.246. The molecule has 0 bridgehead atoms. The Balaban J connectivity index is 1.61. The second kappa shape index (κ2) is 5.06. The minimum Gasteiger partial charge on any atom is -0.441 e. The minimum atomic E-state index is -0.169. The van der Waals surface area contributed by atoms with Crippen LogP contribution in [-0.4, -0.2) is 17.6 Å². The number of carbonyl (C=O) groups is 1. The number of nitrogens with zero attached hydrogens (tertiary/aromatic N) is 1. The van der Waals surface area contributed by atoms with E-state index < -0.39 is 0 Å². The molecule has 1 aliphatic rings. The number of benzene rings is 1. The Morgan fingerprint density at radius 3 is 2.86 bits per heavy atom. The fraction of sp³-hybridized carbons (Fsp3) is 0.500. The van der Waals surface area contributed by atoms with E-state index in [4.69, 9.17) is 4.42 Å². The number of fused-ring (bicyclic) bond motifs is 1. The van der Waals surface area contributed by atoms with Crippen molar-refractivity contribution in [3.63, 3.8) is 0 Å². The van der Waals surface area contributed by atoms with Gasteiger partial charge in [-0.25, -0.2) is 9.78 Å². The Kier molecular flexibility index (Phi) is 3.35. The van der Waals surface area contributed by atoms with Crippen molar-refractivity contribution >= 4 is 22.8 Å². The van der Waals surface area contributed by atoms with Crippen LogP contribution in [-0.2, 0) is 0 Å². The highest BCUT2D eigenvalue weighted by Gasteiger charge is 2.45. The highest BCUT2D eigenvalue weighted by molar-refractivity contribution is 5.91. The van der Waals surface area contributed by atoms with Gasteiger partial charge in [0.1, 0.15) is 5.52 Å². The number of urea groups is 1. The zero-order chi connectivity index (χ0) is 15.0. The summed E-state index contributed by atoms with van der Waals surface area (Å²) in [4.78, 5) is 16.2. The van der Waals surface area contributed by atoms with Crippen LogP contribution in [0.1, 0.15) is 32.6 Å². The monoisotopic (exact) mass is 287 g/mol. The van der Waals surface area contributed by atoms with Gasteiger partial charge in [0.15, 0.2) is 11.5 Å². The molecule has 2 N–H and O–H groups in total. The third-order valence-corrected chi connectivity index (χ3v) is 4.47. The molecule has 0 unspecified atom stereocenters. The molecular formula is C16H21N3O2. The van der Waals surface area contributed by atoms with E-state index in [0.29, 0.717) is 28.5 Å². The van der Waals surface area contributed by atoms with Gasteiger partial charge in [-0.2, -0.15) is 0 Å². The van der Waals surface area contributed by atoms with Crippen molar-refractivity contribution < 1.29 is 9.21 Å². The topological polar surface area (TPSA) is 67.2 Å². The van der Waals surface area contributed by atoms with E-state index >= 15 is 0 Å². The molecule has 1 heterocycles. The van der Waals surface area contributed by atoms with E-state index in [1.165, 1.54) is 12.8 Å². The number of aryl methyl sites for hydroxylation is 1. The Morgan fingerprint density at radius 2 is 2.19 bits per heavy atom. The van der Waals surface area contributed by atoms with E-state index in [9.17, 15) is 4.79 Å². The lowest BCUT2D eigenvalue weighted by Crippen LogP contribution is -2.35. The number of hydrogen-bond acceptors (Lipinski definition) is 3. The summed E-state index contributed by atoms with van der Waals surface area (Å²) in [5.74, 6) is 1.23. The molecule has 112 valence electrons. The Hall–Kier alpha value is -2.04. The number of aromatic nitrogens is 1. The first-order chi connectivity index (χ1) is 9.98. The first kappa shape index (κ1) is 13.9. The van der Waals surface area contributed by atoms with E-state index in [2.05, 4.69) is 29.5 Å². The molecule has 0 aliphatic heterocycles. The average molecular weight is 287 g/mol. The van der Waals surface area contributed by atoms with Gasteiger partial charge in [-0.05, 0) is 36.3 Å². The van der Waals surface area contributed by atoms with Crippen molar-refractivity contribution in [2.75, 3.05) is 11.9 Å². The summed E-state index contributed by atoms with van der Waals surface area (Å²) >= 11 is 0. The van der Waals surface area contributed by atoms with Gasteiger partial charge in [0.2, 0.25) is 0 Å². The van der Waals surface area contributed by atoms with Gasteiger partial charge in [-0.1, -0.05) is 13.8 Å². The highest BCUT2D eigenvalue weighted by Crippen LogP contribution is 2.51. The summed E-state index contributed by atoms with van der Waals surface area (Å²) in [6, 6.07) is 5.30. The van der Waals surface area contributed by atoms with Crippen molar-refractivity contribution in [1.29, 1.82) is 0 Å². The maximum Gasteiger partial charge on any atom is 0.319 e. The number of hydrogen-bond donors (Lipinski definition) is 2. The fourth-order valence-corrected chi connectivity index (χ4v) is 2.67. The van der Waals surface area contributed by atoms with Gasteiger partial charge in [-0.3, -0.25) is 0 Å². The van der Waals surface area contributed by atoms with Gasteiger partial charge >= 0.3 is 6.03 Å². The van der Waals surface area contributed by atoms with Crippen molar-refractivity contribution in [2.45, 2.75) is 33.6 Å². The minimum absolute atomic E-state index is 0.169. The predicted molar refractivity (Wildman–Crippen MR) is 82.3 cm³/mol. The first-order valence-electron chi connectivity index (χ1n) is 7.41. The Labute approximate surface area is 124 Å². The summed E-state index contributed by atoms with van der Waals surface area (Å²) in [6.45, 7) is 6.97. The standard InChI is InChI=1S/C16H21N3O2/c1-10(2)16(6-7-16)9-17-15(20)19-12-4-5-13-14(8-12)21-11(3)18-13/h4-5,8,10H,6-7,9H2,1-3H3,(H2,17,19,20). The summed E-state index contributed by atoms with van der Waals surface area (Å²) in [6.07, 6.45) is 2.41.